The van der Waals surface area contributed by atoms with Crippen LogP contribution < -0.4 is 5.32 Å². The van der Waals surface area contributed by atoms with Crippen molar-refractivity contribution in [3.05, 3.63) is 28.5 Å². The number of hydrogen-bond donors (Lipinski definition) is 1. The minimum atomic E-state index is -0.0783. The predicted molar refractivity (Wildman–Crippen MR) is 63.2 cm³/mol. The lowest BCUT2D eigenvalue weighted by Gasteiger charge is -2.15. The van der Waals surface area contributed by atoms with Gasteiger partial charge < -0.3 is 10.1 Å². The Morgan fingerprint density at radius 2 is 2.50 bits per heavy atom. The molecule has 0 radical (unpaired) electrons. The predicted octanol–water partition coefficient (Wildman–Crippen LogP) is 1.75. The summed E-state index contributed by atoms with van der Waals surface area (Å²) in [7, 11) is 0. The second-order valence-corrected chi connectivity index (χ2v) is 4.62. The third kappa shape index (κ3) is 2.59. The van der Waals surface area contributed by atoms with Gasteiger partial charge in [0, 0.05) is 18.4 Å². The summed E-state index contributed by atoms with van der Waals surface area (Å²) in [5.41, 5.74) is 0.612. The fraction of sp³-hybridized carbons (Fsp3) is 0.455. The zero-order valence-electron chi connectivity index (χ0n) is 8.94. The van der Waals surface area contributed by atoms with E-state index in [1.807, 2.05) is 6.92 Å². The molecule has 2 unspecified atom stereocenters. The number of hydrogen-bond acceptors (Lipinski definition) is 3. The topological polar surface area (TPSA) is 51.2 Å². The SMILES string of the molecule is CC1OCCC1NC(=O)c1ccnc(Br)c1. The van der Waals surface area contributed by atoms with Crippen LogP contribution in [0.1, 0.15) is 23.7 Å². The second kappa shape index (κ2) is 4.93. The Kier molecular flexibility index (Phi) is 3.56. The maximum atomic E-state index is 11.9. The highest BCUT2D eigenvalue weighted by molar-refractivity contribution is 9.10. The highest BCUT2D eigenvalue weighted by Crippen LogP contribution is 2.14. The standard InChI is InChI=1S/C11H13BrN2O2/c1-7-9(3-5-16-7)14-11(15)8-2-4-13-10(12)6-8/h2,4,6-7,9H,3,5H2,1H3,(H,14,15). The number of carbonyl (C=O) groups is 1. The van der Waals surface area contributed by atoms with Crippen molar-refractivity contribution in [2.45, 2.75) is 25.5 Å². The Labute approximate surface area is 103 Å². The van der Waals surface area contributed by atoms with E-state index in [1.165, 1.54) is 0 Å². The number of nitrogens with one attached hydrogen (secondary N) is 1. The Hall–Kier alpha value is -0.940. The molecule has 1 aromatic heterocycles. The number of carbonyl (C=O) groups excluding carboxylic acids is 1. The van der Waals surface area contributed by atoms with Crippen molar-refractivity contribution in [1.29, 1.82) is 0 Å². The van der Waals surface area contributed by atoms with Crippen molar-refractivity contribution in [2.75, 3.05) is 6.61 Å². The van der Waals surface area contributed by atoms with Crippen LogP contribution in [0.5, 0.6) is 0 Å². The summed E-state index contributed by atoms with van der Waals surface area (Å²) in [5, 5.41) is 2.96. The zero-order valence-corrected chi connectivity index (χ0v) is 10.5. The molecular formula is C11H13BrN2O2. The number of rotatable bonds is 2. The van der Waals surface area contributed by atoms with E-state index in [1.54, 1.807) is 18.3 Å². The van der Waals surface area contributed by atoms with E-state index >= 15 is 0 Å². The van der Waals surface area contributed by atoms with Crippen LogP contribution in [0.2, 0.25) is 0 Å². The van der Waals surface area contributed by atoms with Crippen LogP contribution in [0.4, 0.5) is 0 Å². The number of nitrogens with zero attached hydrogens (tertiary/aromatic N) is 1. The van der Waals surface area contributed by atoms with Crippen LogP contribution >= 0.6 is 15.9 Å². The molecule has 0 aliphatic carbocycles. The summed E-state index contributed by atoms with van der Waals surface area (Å²) in [4.78, 5) is 15.9. The lowest BCUT2D eigenvalue weighted by Crippen LogP contribution is -2.39. The monoisotopic (exact) mass is 284 g/mol. The normalized spacial score (nSPS) is 24.4. The first-order chi connectivity index (χ1) is 7.66. The van der Waals surface area contributed by atoms with Gasteiger partial charge in [-0.15, -0.1) is 0 Å². The Bertz CT molecular complexity index is 397. The van der Waals surface area contributed by atoms with E-state index in [0.29, 0.717) is 16.8 Å². The number of aromatic nitrogens is 1. The Balaban J connectivity index is 2.03. The molecule has 2 atom stereocenters. The van der Waals surface area contributed by atoms with Crippen LogP contribution in [0.3, 0.4) is 0 Å². The fourth-order valence-corrected chi connectivity index (χ4v) is 2.08. The molecule has 5 heteroatoms. The molecule has 1 aliphatic heterocycles. The van der Waals surface area contributed by atoms with Crippen LogP contribution in [0, 0.1) is 0 Å². The molecule has 1 amide bonds. The number of amides is 1. The molecule has 1 aliphatic rings. The largest absolute Gasteiger partial charge is 0.376 e. The zero-order chi connectivity index (χ0) is 11.5. The molecule has 1 fully saturated rings. The first-order valence-electron chi connectivity index (χ1n) is 5.21. The molecule has 2 heterocycles. The van der Waals surface area contributed by atoms with Gasteiger partial charge in [0.15, 0.2) is 0 Å². The molecule has 0 spiro atoms. The quantitative estimate of drug-likeness (QED) is 0.842. The van der Waals surface area contributed by atoms with Crippen molar-refractivity contribution < 1.29 is 9.53 Å². The molecule has 0 aromatic carbocycles. The molecule has 1 aromatic rings. The van der Waals surface area contributed by atoms with Crippen molar-refractivity contribution in [3.63, 3.8) is 0 Å². The third-order valence-electron chi connectivity index (χ3n) is 2.68. The van der Waals surface area contributed by atoms with Gasteiger partial charge in [-0.25, -0.2) is 4.98 Å². The molecule has 86 valence electrons. The maximum Gasteiger partial charge on any atom is 0.251 e. The lowest BCUT2D eigenvalue weighted by atomic mass is 10.1. The van der Waals surface area contributed by atoms with Crippen molar-refractivity contribution >= 4 is 21.8 Å². The average molecular weight is 285 g/mol. The summed E-state index contributed by atoms with van der Waals surface area (Å²) >= 11 is 3.24. The van der Waals surface area contributed by atoms with Crippen LogP contribution in [0.15, 0.2) is 22.9 Å². The van der Waals surface area contributed by atoms with E-state index < -0.39 is 0 Å². The molecule has 1 N–H and O–H groups in total. The minimum Gasteiger partial charge on any atom is -0.376 e. The second-order valence-electron chi connectivity index (χ2n) is 3.81. The molecule has 4 nitrogen and oxygen atoms in total. The van der Waals surface area contributed by atoms with Gasteiger partial charge in [-0.3, -0.25) is 4.79 Å². The van der Waals surface area contributed by atoms with Gasteiger partial charge in [-0.05, 0) is 41.4 Å². The van der Waals surface area contributed by atoms with Crippen molar-refractivity contribution in [3.8, 4) is 0 Å². The lowest BCUT2D eigenvalue weighted by molar-refractivity contribution is 0.0866. The first-order valence-corrected chi connectivity index (χ1v) is 6.00. The summed E-state index contributed by atoms with van der Waals surface area (Å²) < 4.78 is 6.05. The van der Waals surface area contributed by atoms with Crippen LogP contribution in [0.25, 0.3) is 0 Å². The minimum absolute atomic E-state index is 0.0783. The Morgan fingerprint density at radius 3 is 3.12 bits per heavy atom. The summed E-state index contributed by atoms with van der Waals surface area (Å²) in [6.07, 6.45) is 2.57. The van der Waals surface area contributed by atoms with Crippen molar-refractivity contribution in [2.24, 2.45) is 0 Å². The van der Waals surface area contributed by atoms with Gasteiger partial charge in [-0.1, -0.05) is 0 Å². The van der Waals surface area contributed by atoms with Gasteiger partial charge >= 0.3 is 0 Å². The Morgan fingerprint density at radius 1 is 1.69 bits per heavy atom. The molecular weight excluding hydrogens is 272 g/mol. The molecule has 1 saturated heterocycles. The van der Waals surface area contributed by atoms with E-state index in [9.17, 15) is 4.79 Å². The van der Waals surface area contributed by atoms with Gasteiger partial charge in [0.05, 0.1) is 12.1 Å². The van der Waals surface area contributed by atoms with E-state index in [-0.39, 0.29) is 18.1 Å². The number of halogens is 1. The molecule has 0 saturated carbocycles. The molecule has 2 rings (SSSR count). The third-order valence-corrected chi connectivity index (χ3v) is 3.12. The smallest absolute Gasteiger partial charge is 0.251 e. The highest BCUT2D eigenvalue weighted by Gasteiger charge is 2.25. The maximum absolute atomic E-state index is 11.9. The van der Waals surface area contributed by atoms with Gasteiger partial charge in [-0.2, -0.15) is 0 Å². The summed E-state index contributed by atoms with van der Waals surface area (Å²) in [5.74, 6) is -0.0783. The van der Waals surface area contributed by atoms with E-state index in [0.717, 1.165) is 6.42 Å². The van der Waals surface area contributed by atoms with E-state index in [4.69, 9.17) is 4.74 Å². The fourth-order valence-electron chi connectivity index (χ4n) is 1.72. The first kappa shape index (κ1) is 11.5. The van der Waals surface area contributed by atoms with Crippen LogP contribution in [-0.4, -0.2) is 29.6 Å². The van der Waals surface area contributed by atoms with Gasteiger partial charge in [0.2, 0.25) is 0 Å². The van der Waals surface area contributed by atoms with Crippen molar-refractivity contribution in [1.82, 2.24) is 10.3 Å². The summed E-state index contributed by atoms with van der Waals surface area (Å²) in [6, 6.07) is 3.51. The van der Waals surface area contributed by atoms with Crippen LogP contribution in [-0.2, 0) is 4.74 Å². The average Bonchev–Trinajstić information content (AvgIpc) is 2.64. The molecule has 0 bridgehead atoms. The van der Waals surface area contributed by atoms with E-state index in [2.05, 4.69) is 26.2 Å². The highest BCUT2D eigenvalue weighted by atomic mass is 79.9. The number of ether oxygens (including phenoxy) is 1. The number of pyridine rings is 1. The van der Waals surface area contributed by atoms with Gasteiger partial charge in [0.25, 0.3) is 5.91 Å². The summed E-state index contributed by atoms with van der Waals surface area (Å²) in [6.45, 7) is 2.69. The van der Waals surface area contributed by atoms with Gasteiger partial charge in [0.1, 0.15) is 4.60 Å². The molecule has 16 heavy (non-hydrogen) atoms.